The van der Waals surface area contributed by atoms with E-state index in [0.29, 0.717) is 22.5 Å². The Hall–Kier alpha value is -0.110. The summed E-state index contributed by atoms with van der Waals surface area (Å²) in [7, 11) is 0. The summed E-state index contributed by atoms with van der Waals surface area (Å²) in [4.78, 5) is 0. The molecular formula is C8H8Cl3N. The highest BCUT2D eigenvalue weighted by Crippen LogP contribution is 2.24. The Balaban J connectivity index is 2.72. The number of hydrogen-bond donors (Lipinski definition) is 1. The maximum absolute atomic E-state index is 5.88. The third-order valence-electron chi connectivity index (χ3n) is 1.34. The zero-order chi connectivity index (χ0) is 8.97. The normalized spacial score (nSPS) is 9.92. The summed E-state index contributed by atoms with van der Waals surface area (Å²) in [5.74, 6) is 0.555. The predicted octanol–water partition coefficient (Wildman–Crippen LogP) is 3.64. The van der Waals surface area contributed by atoms with Crippen LogP contribution in [0.2, 0.25) is 10.0 Å². The van der Waals surface area contributed by atoms with Gasteiger partial charge in [-0.25, -0.2) is 0 Å². The van der Waals surface area contributed by atoms with E-state index in [4.69, 9.17) is 34.8 Å². The van der Waals surface area contributed by atoms with Crippen LogP contribution in [0.5, 0.6) is 0 Å². The molecule has 0 radical (unpaired) electrons. The lowest BCUT2D eigenvalue weighted by Crippen LogP contribution is -2.02. The van der Waals surface area contributed by atoms with Crippen LogP contribution in [0.15, 0.2) is 18.2 Å². The Morgan fingerprint density at radius 1 is 1.25 bits per heavy atom. The van der Waals surface area contributed by atoms with Crippen LogP contribution in [0.1, 0.15) is 0 Å². The van der Waals surface area contributed by atoms with Crippen LogP contribution in [0, 0.1) is 0 Å². The quantitative estimate of drug-likeness (QED) is 0.773. The third kappa shape index (κ3) is 2.74. The molecule has 1 rings (SSSR count). The van der Waals surface area contributed by atoms with Crippen molar-refractivity contribution in [1.82, 2.24) is 0 Å². The number of benzene rings is 1. The van der Waals surface area contributed by atoms with E-state index in [1.807, 2.05) is 6.07 Å². The second-order valence-corrected chi connectivity index (χ2v) is 3.46. The monoisotopic (exact) mass is 223 g/mol. The molecule has 1 N–H and O–H groups in total. The molecule has 12 heavy (non-hydrogen) atoms. The van der Waals surface area contributed by atoms with Crippen molar-refractivity contribution in [1.29, 1.82) is 0 Å². The van der Waals surface area contributed by atoms with Crippen molar-refractivity contribution >= 4 is 40.5 Å². The van der Waals surface area contributed by atoms with Crippen molar-refractivity contribution in [3.8, 4) is 0 Å². The maximum atomic E-state index is 5.88. The molecule has 1 aromatic carbocycles. The fourth-order valence-corrected chi connectivity index (χ4v) is 1.38. The molecule has 66 valence electrons. The van der Waals surface area contributed by atoms with Crippen LogP contribution >= 0.6 is 34.8 Å². The molecular weight excluding hydrogens is 216 g/mol. The molecule has 0 aromatic heterocycles. The SMILES string of the molecule is ClCCNc1ccc(Cl)cc1Cl. The van der Waals surface area contributed by atoms with Gasteiger partial charge in [-0.3, -0.25) is 0 Å². The van der Waals surface area contributed by atoms with Crippen LogP contribution in [0.3, 0.4) is 0 Å². The topological polar surface area (TPSA) is 12.0 Å². The molecule has 0 fully saturated rings. The van der Waals surface area contributed by atoms with E-state index in [1.165, 1.54) is 0 Å². The first-order valence-corrected chi connectivity index (χ1v) is 4.78. The Bertz CT molecular complexity index is 262. The number of halogens is 3. The van der Waals surface area contributed by atoms with Gasteiger partial charge in [0.2, 0.25) is 0 Å². The minimum absolute atomic E-state index is 0.555. The highest BCUT2D eigenvalue weighted by Gasteiger charge is 1.98. The standard InChI is InChI=1S/C8H8Cl3N/c9-3-4-12-8-2-1-6(10)5-7(8)11/h1-2,5,12H,3-4H2. The predicted molar refractivity (Wildman–Crippen MR) is 55.7 cm³/mol. The van der Waals surface area contributed by atoms with Gasteiger partial charge < -0.3 is 5.32 Å². The zero-order valence-corrected chi connectivity index (χ0v) is 8.55. The van der Waals surface area contributed by atoms with Gasteiger partial charge >= 0.3 is 0 Å². The Labute approximate surface area is 86.6 Å². The molecule has 0 aliphatic rings. The van der Waals surface area contributed by atoms with E-state index >= 15 is 0 Å². The lowest BCUT2D eigenvalue weighted by atomic mass is 10.3. The molecule has 0 bridgehead atoms. The van der Waals surface area contributed by atoms with Gasteiger partial charge in [-0.15, -0.1) is 11.6 Å². The van der Waals surface area contributed by atoms with E-state index in [9.17, 15) is 0 Å². The van der Waals surface area contributed by atoms with Crippen molar-refractivity contribution < 1.29 is 0 Å². The zero-order valence-electron chi connectivity index (χ0n) is 6.28. The molecule has 0 spiro atoms. The molecule has 0 aliphatic heterocycles. The van der Waals surface area contributed by atoms with Crippen molar-refractivity contribution in [2.24, 2.45) is 0 Å². The summed E-state index contributed by atoms with van der Waals surface area (Å²) in [6.07, 6.45) is 0. The van der Waals surface area contributed by atoms with Crippen LogP contribution < -0.4 is 5.32 Å². The largest absolute Gasteiger partial charge is 0.383 e. The second kappa shape index (κ2) is 4.80. The van der Waals surface area contributed by atoms with Gasteiger partial charge in [0.25, 0.3) is 0 Å². The molecule has 0 heterocycles. The second-order valence-electron chi connectivity index (χ2n) is 2.24. The Morgan fingerprint density at radius 3 is 2.58 bits per heavy atom. The molecule has 4 heteroatoms. The number of alkyl halides is 1. The molecule has 0 amide bonds. The highest BCUT2D eigenvalue weighted by atomic mass is 35.5. The van der Waals surface area contributed by atoms with Crippen LogP contribution in [-0.2, 0) is 0 Å². The Morgan fingerprint density at radius 2 is 2.00 bits per heavy atom. The molecule has 1 nitrogen and oxygen atoms in total. The van der Waals surface area contributed by atoms with Gasteiger partial charge in [0.05, 0.1) is 10.7 Å². The fraction of sp³-hybridized carbons (Fsp3) is 0.250. The van der Waals surface area contributed by atoms with Crippen LogP contribution in [-0.4, -0.2) is 12.4 Å². The van der Waals surface area contributed by atoms with Gasteiger partial charge in [0.1, 0.15) is 0 Å². The van der Waals surface area contributed by atoms with E-state index in [2.05, 4.69) is 5.32 Å². The minimum Gasteiger partial charge on any atom is -0.383 e. The van der Waals surface area contributed by atoms with Gasteiger partial charge in [0, 0.05) is 17.4 Å². The van der Waals surface area contributed by atoms with E-state index in [-0.39, 0.29) is 0 Å². The summed E-state index contributed by atoms with van der Waals surface area (Å²) in [5, 5.41) is 4.32. The van der Waals surface area contributed by atoms with Gasteiger partial charge in [0.15, 0.2) is 0 Å². The van der Waals surface area contributed by atoms with E-state index in [1.54, 1.807) is 12.1 Å². The third-order valence-corrected chi connectivity index (χ3v) is 2.08. The van der Waals surface area contributed by atoms with Gasteiger partial charge in [-0.1, -0.05) is 23.2 Å². The van der Waals surface area contributed by atoms with Crippen molar-refractivity contribution in [2.75, 3.05) is 17.7 Å². The number of anilines is 1. The summed E-state index contributed by atoms with van der Waals surface area (Å²) in [6, 6.07) is 5.31. The first-order chi connectivity index (χ1) is 5.74. The smallest absolute Gasteiger partial charge is 0.0652 e. The fourth-order valence-electron chi connectivity index (χ4n) is 0.815. The van der Waals surface area contributed by atoms with Gasteiger partial charge in [-0.2, -0.15) is 0 Å². The summed E-state index contributed by atoms with van der Waals surface area (Å²) in [6.45, 7) is 0.697. The number of rotatable bonds is 3. The van der Waals surface area contributed by atoms with E-state index < -0.39 is 0 Å². The van der Waals surface area contributed by atoms with Crippen LogP contribution in [0.25, 0.3) is 0 Å². The van der Waals surface area contributed by atoms with Crippen molar-refractivity contribution in [2.45, 2.75) is 0 Å². The molecule has 0 atom stereocenters. The minimum atomic E-state index is 0.555. The summed E-state index contributed by atoms with van der Waals surface area (Å²) in [5.41, 5.74) is 0.863. The first-order valence-electron chi connectivity index (χ1n) is 3.49. The van der Waals surface area contributed by atoms with E-state index in [0.717, 1.165) is 5.69 Å². The molecule has 0 saturated heterocycles. The lowest BCUT2D eigenvalue weighted by molar-refractivity contribution is 1.22. The summed E-state index contributed by atoms with van der Waals surface area (Å²) >= 11 is 17.1. The molecule has 0 unspecified atom stereocenters. The van der Waals surface area contributed by atoms with Crippen molar-refractivity contribution in [3.05, 3.63) is 28.2 Å². The first kappa shape index (κ1) is 9.97. The van der Waals surface area contributed by atoms with Crippen molar-refractivity contribution in [3.63, 3.8) is 0 Å². The Kier molecular flexibility index (Phi) is 3.99. The molecule has 0 saturated carbocycles. The molecule has 0 aliphatic carbocycles. The number of nitrogens with one attached hydrogen (secondary N) is 1. The summed E-state index contributed by atoms with van der Waals surface area (Å²) < 4.78 is 0. The van der Waals surface area contributed by atoms with Gasteiger partial charge in [-0.05, 0) is 18.2 Å². The highest BCUT2D eigenvalue weighted by molar-refractivity contribution is 6.36. The number of hydrogen-bond acceptors (Lipinski definition) is 1. The average molecular weight is 225 g/mol. The molecule has 1 aromatic rings. The van der Waals surface area contributed by atoms with Crippen LogP contribution in [0.4, 0.5) is 5.69 Å². The average Bonchev–Trinajstić information content (AvgIpc) is 2.03. The lowest BCUT2D eigenvalue weighted by Gasteiger charge is -2.05. The maximum Gasteiger partial charge on any atom is 0.0652 e.